The van der Waals surface area contributed by atoms with Gasteiger partial charge in [-0.1, -0.05) is 18.2 Å². The van der Waals surface area contributed by atoms with Gasteiger partial charge in [-0.2, -0.15) is 13.2 Å². The van der Waals surface area contributed by atoms with Crippen LogP contribution in [0.15, 0.2) is 77.7 Å². The van der Waals surface area contributed by atoms with Gasteiger partial charge in [0.05, 0.1) is 17.0 Å². The molecule has 10 heteroatoms. The lowest BCUT2D eigenvalue weighted by Gasteiger charge is -2.14. The van der Waals surface area contributed by atoms with Crippen LogP contribution in [0.1, 0.15) is 22.8 Å². The Balaban J connectivity index is 1.55. The molecule has 0 saturated heterocycles. The van der Waals surface area contributed by atoms with E-state index < -0.39 is 17.6 Å². The number of carbonyl (C=O) groups is 2. The SMILES string of the molecule is CC(=O)c1ccc(NC(=S)Nc2cccc(SCC(=O)Nc3ccccc3C(F)(F)F)c2)cc1. The molecular weight excluding hydrogens is 483 g/mol. The van der Waals surface area contributed by atoms with Crippen molar-refractivity contribution in [1.29, 1.82) is 0 Å². The summed E-state index contributed by atoms with van der Waals surface area (Å²) in [5, 5.41) is 8.71. The lowest BCUT2D eigenvalue weighted by atomic mass is 10.1. The van der Waals surface area contributed by atoms with E-state index in [1.54, 1.807) is 48.5 Å². The van der Waals surface area contributed by atoms with Crippen molar-refractivity contribution in [2.24, 2.45) is 0 Å². The highest BCUT2D eigenvalue weighted by Crippen LogP contribution is 2.34. The van der Waals surface area contributed by atoms with Gasteiger partial charge in [-0.15, -0.1) is 11.8 Å². The van der Waals surface area contributed by atoms with E-state index in [4.69, 9.17) is 12.2 Å². The number of rotatable bonds is 7. The molecule has 3 aromatic carbocycles. The molecule has 0 fully saturated rings. The van der Waals surface area contributed by atoms with Crippen LogP contribution in [-0.2, 0) is 11.0 Å². The third kappa shape index (κ3) is 7.32. The number of thioether (sulfide) groups is 1. The smallest absolute Gasteiger partial charge is 0.332 e. The summed E-state index contributed by atoms with van der Waals surface area (Å²) in [5.41, 5.74) is 0.815. The zero-order valence-corrected chi connectivity index (χ0v) is 19.5. The van der Waals surface area contributed by atoms with Gasteiger partial charge in [-0.3, -0.25) is 9.59 Å². The molecule has 0 unspecified atom stereocenters. The first kappa shape index (κ1) is 25.3. The van der Waals surface area contributed by atoms with E-state index in [-0.39, 0.29) is 17.2 Å². The Morgan fingerprint density at radius 1 is 0.882 bits per heavy atom. The topological polar surface area (TPSA) is 70.2 Å². The van der Waals surface area contributed by atoms with Crippen LogP contribution in [0.2, 0.25) is 0 Å². The molecule has 0 heterocycles. The second-order valence-corrected chi connectivity index (χ2v) is 8.58. The number of hydrogen-bond donors (Lipinski definition) is 3. The Morgan fingerprint density at radius 2 is 1.56 bits per heavy atom. The molecule has 34 heavy (non-hydrogen) atoms. The van der Waals surface area contributed by atoms with Crippen LogP contribution in [0.3, 0.4) is 0 Å². The van der Waals surface area contributed by atoms with Crippen molar-refractivity contribution in [3.63, 3.8) is 0 Å². The summed E-state index contributed by atoms with van der Waals surface area (Å²) in [5.74, 6) is -0.646. The molecule has 0 aliphatic heterocycles. The van der Waals surface area contributed by atoms with Crippen LogP contribution in [0, 0.1) is 0 Å². The minimum Gasteiger partial charge on any atom is -0.332 e. The number of benzene rings is 3. The standard InChI is InChI=1S/C24H20F3N3O2S2/c1-15(31)16-9-11-17(12-10-16)28-23(33)29-18-5-4-6-19(13-18)34-14-22(32)30-21-8-3-2-7-20(21)24(25,26)27/h2-13H,14H2,1H3,(H,30,32)(H2,28,29,33). The zero-order chi connectivity index (χ0) is 24.7. The number of carbonyl (C=O) groups excluding carboxylic acids is 2. The summed E-state index contributed by atoms with van der Waals surface area (Å²) in [6, 6.07) is 18.8. The molecule has 176 valence electrons. The maximum absolute atomic E-state index is 13.1. The van der Waals surface area contributed by atoms with Gasteiger partial charge in [0.1, 0.15) is 0 Å². The fourth-order valence-electron chi connectivity index (χ4n) is 2.92. The van der Waals surface area contributed by atoms with E-state index in [2.05, 4.69) is 16.0 Å². The first-order chi connectivity index (χ1) is 16.1. The molecule has 5 nitrogen and oxygen atoms in total. The van der Waals surface area contributed by atoms with E-state index >= 15 is 0 Å². The molecule has 0 radical (unpaired) electrons. The monoisotopic (exact) mass is 503 g/mol. The largest absolute Gasteiger partial charge is 0.418 e. The number of thiocarbonyl (C=S) groups is 1. The minimum atomic E-state index is -4.56. The quantitative estimate of drug-likeness (QED) is 0.196. The first-order valence-electron chi connectivity index (χ1n) is 10.00. The number of hydrogen-bond acceptors (Lipinski definition) is 4. The Morgan fingerprint density at radius 3 is 2.24 bits per heavy atom. The average Bonchev–Trinajstić information content (AvgIpc) is 2.78. The number of anilines is 3. The number of Topliss-reactive ketones (excluding diaryl/α,β-unsaturated/α-hetero) is 1. The molecule has 1 amide bonds. The highest BCUT2D eigenvalue weighted by atomic mass is 32.2. The van der Waals surface area contributed by atoms with Crippen molar-refractivity contribution in [3.8, 4) is 0 Å². The first-order valence-corrected chi connectivity index (χ1v) is 11.4. The van der Waals surface area contributed by atoms with Crippen LogP contribution in [0.4, 0.5) is 30.2 Å². The lowest BCUT2D eigenvalue weighted by Crippen LogP contribution is -2.19. The fourth-order valence-corrected chi connectivity index (χ4v) is 3.91. The predicted octanol–water partition coefficient (Wildman–Crippen LogP) is 6.45. The maximum atomic E-state index is 13.1. The maximum Gasteiger partial charge on any atom is 0.418 e. The summed E-state index contributed by atoms with van der Waals surface area (Å²) >= 11 is 6.50. The van der Waals surface area contributed by atoms with Gasteiger partial charge in [0, 0.05) is 21.8 Å². The zero-order valence-electron chi connectivity index (χ0n) is 17.9. The molecule has 0 aromatic heterocycles. The summed E-state index contributed by atoms with van der Waals surface area (Å²) in [6.45, 7) is 1.49. The molecule has 0 aliphatic rings. The van der Waals surface area contributed by atoms with Gasteiger partial charge in [0.25, 0.3) is 0 Å². The predicted molar refractivity (Wildman–Crippen MR) is 134 cm³/mol. The number of ketones is 1. The average molecular weight is 504 g/mol. The van der Waals surface area contributed by atoms with Gasteiger partial charge >= 0.3 is 6.18 Å². The molecule has 0 spiro atoms. The van der Waals surface area contributed by atoms with Gasteiger partial charge < -0.3 is 16.0 Å². The second kappa shape index (κ2) is 11.2. The summed E-state index contributed by atoms with van der Waals surface area (Å²) < 4.78 is 39.3. The molecule has 0 saturated carbocycles. The number of amides is 1. The van der Waals surface area contributed by atoms with Gasteiger partial charge in [-0.25, -0.2) is 0 Å². The summed E-state index contributed by atoms with van der Waals surface area (Å²) in [4.78, 5) is 24.3. The normalized spacial score (nSPS) is 10.9. The molecule has 3 rings (SSSR count). The summed E-state index contributed by atoms with van der Waals surface area (Å²) in [7, 11) is 0. The van der Waals surface area contributed by atoms with Crippen molar-refractivity contribution < 1.29 is 22.8 Å². The molecular formula is C24H20F3N3O2S2. The number of alkyl halides is 3. The van der Waals surface area contributed by atoms with Crippen LogP contribution in [-0.4, -0.2) is 22.6 Å². The van der Waals surface area contributed by atoms with Crippen LogP contribution in [0.5, 0.6) is 0 Å². The minimum absolute atomic E-state index is 0.0280. The lowest BCUT2D eigenvalue weighted by molar-refractivity contribution is -0.137. The Kier molecular flexibility index (Phi) is 8.30. The highest BCUT2D eigenvalue weighted by Gasteiger charge is 2.33. The number of para-hydroxylation sites is 1. The Bertz CT molecular complexity index is 1200. The third-order valence-corrected chi connectivity index (χ3v) is 5.72. The van der Waals surface area contributed by atoms with Crippen molar-refractivity contribution in [1.82, 2.24) is 0 Å². The van der Waals surface area contributed by atoms with Crippen molar-refractivity contribution in [3.05, 3.63) is 83.9 Å². The second-order valence-electron chi connectivity index (χ2n) is 7.12. The van der Waals surface area contributed by atoms with Crippen LogP contribution in [0.25, 0.3) is 0 Å². The summed E-state index contributed by atoms with van der Waals surface area (Å²) in [6.07, 6.45) is -4.56. The van der Waals surface area contributed by atoms with Crippen molar-refractivity contribution >= 4 is 57.8 Å². The van der Waals surface area contributed by atoms with E-state index in [1.165, 1.54) is 36.9 Å². The van der Waals surface area contributed by atoms with E-state index in [0.29, 0.717) is 22.1 Å². The van der Waals surface area contributed by atoms with Gasteiger partial charge in [0.2, 0.25) is 5.91 Å². The molecule has 0 bridgehead atoms. The van der Waals surface area contributed by atoms with Gasteiger partial charge in [0.15, 0.2) is 10.9 Å². The number of nitrogens with one attached hydrogen (secondary N) is 3. The van der Waals surface area contributed by atoms with E-state index in [9.17, 15) is 22.8 Å². The van der Waals surface area contributed by atoms with Crippen LogP contribution < -0.4 is 16.0 Å². The molecule has 0 aliphatic carbocycles. The molecule has 3 aromatic rings. The van der Waals surface area contributed by atoms with E-state index in [1.807, 2.05) is 0 Å². The third-order valence-electron chi connectivity index (χ3n) is 4.52. The highest BCUT2D eigenvalue weighted by molar-refractivity contribution is 8.00. The Labute approximate surface area is 204 Å². The van der Waals surface area contributed by atoms with Gasteiger partial charge in [-0.05, 0) is 73.7 Å². The van der Waals surface area contributed by atoms with Crippen LogP contribution >= 0.6 is 24.0 Å². The van der Waals surface area contributed by atoms with Crippen molar-refractivity contribution in [2.45, 2.75) is 18.0 Å². The fraction of sp³-hybridized carbons (Fsp3) is 0.125. The van der Waals surface area contributed by atoms with Crippen molar-refractivity contribution in [2.75, 3.05) is 21.7 Å². The molecule has 0 atom stereocenters. The molecule has 3 N–H and O–H groups in total. The Hall–Kier alpha value is -3.37. The van der Waals surface area contributed by atoms with E-state index in [0.717, 1.165) is 11.0 Å². The number of halogens is 3.